The number of aromatic nitrogens is 1. The zero-order valence-electron chi connectivity index (χ0n) is 18.0. The van der Waals surface area contributed by atoms with Gasteiger partial charge in [0.1, 0.15) is 6.54 Å². The Bertz CT molecular complexity index is 1410. The lowest BCUT2D eigenvalue weighted by Crippen LogP contribution is -2.23. The molecule has 1 amide bonds. The average Bonchev–Trinajstić information content (AvgIpc) is 3.16. The maximum Gasteiger partial charge on any atom is 0.326 e. The van der Waals surface area contributed by atoms with Crippen molar-refractivity contribution in [3.8, 4) is 0 Å². The number of nitrogens with zero attached hydrogens (tertiary/aromatic N) is 2. The highest BCUT2D eigenvalue weighted by Gasteiger charge is 2.16. The summed E-state index contributed by atoms with van der Waals surface area (Å²) in [5.41, 5.74) is 4.05. The lowest BCUT2D eigenvalue weighted by Gasteiger charge is -2.15. The minimum atomic E-state index is -0.344. The summed E-state index contributed by atoms with van der Waals surface area (Å²) in [5, 5.41) is 2.19. The molecule has 0 fully saturated rings. The Morgan fingerprint density at radius 2 is 1.84 bits per heavy atom. The summed E-state index contributed by atoms with van der Waals surface area (Å²) in [5.74, 6) is -0.630. The molecular weight excluding hydrogens is 420 g/mol. The molecule has 4 aromatic rings. The fourth-order valence-corrected chi connectivity index (χ4v) is 5.55. The van der Waals surface area contributed by atoms with E-state index in [1.807, 2.05) is 36.4 Å². The predicted molar refractivity (Wildman–Crippen MR) is 127 cm³/mol. The summed E-state index contributed by atoms with van der Waals surface area (Å²) in [6, 6.07) is 18.0. The van der Waals surface area contributed by atoms with E-state index >= 15 is 0 Å². The number of thiazole rings is 1. The molecule has 32 heavy (non-hydrogen) atoms. The number of esters is 1. The largest absolute Gasteiger partial charge is 0.465 e. The third-order valence-electron chi connectivity index (χ3n) is 5.96. The van der Waals surface area contributed by atoms with Crippen molar-refractivity contribution in [1.82, 2.24) is 4.57 Å². The van der Waals surface area contributed by atoms with Crippen molar-refractivity contribution < 1.29 is 14.3 Å². The topological polar surface area (TPSA) is 60.7 Å². The molecule has 0 N–H and O–H groups in total. The van der Waals surface area contributed by atoms with Crippen molar-refractivity contribution in [3.05, 3.63) is 76.1 Å². The van der Waals surface area contributed by atoms with Crippen molar-refractivity contribution in [2.45, 2.75) is 39.2 Å². The third kappa shape index (κ3) is 3.86. The van der Waals surface area contributed by atoms with Gasteiger partial charge < -0.3 is 9.30 Å². The first-order chi connectivity index (χ1) is 15.6. The van der Waals surface area contributed by atoms with Gasteiger partial charge in [-0.1, -0.05) is 47.7 Å². The van der Waals surface area contributed by atoms with Gasteiger partial charge in [-0.25, -0.2) is 0 Å². The third-order valence-corrected chi connectivity index (χ3v) is 7.09. The molecule has 1 aliphatic carbocycles. The van der Waals surface area contributed by atoms with Crippen molar-refractivity contribution in [1.29, 1.82) is 0 Å². The summed E-state index contributed by atoms with van der Waals surface area (Å²) in [6.45, 7) is 2.11. The van der Waals surface area contributed by atoms with Gasteiger partial charge in [-0.15, -0.1) is 0 Å². The normalized spacial score (nSPS) is 14.0. The summed E-state index contributed by atoms with van der Waals surface area (Å²) in [6.07, 6.45) is 4.44. The number of hydrogen-bond donors (Lipinski definition) is 0. The van der Waals surface area contributed by atoms with Crippen LogP contribution in [0.5, 0.6) is 0 Å². The number of aryl methyl sites for hydroxylation is 2. The average molecular weight is 445 g/mol. The Labute approximate surface area is 190 Å². The summed E-state index contributed by atoms with van der Waals surface area (Å²) < 4.78 is 7.97. The van der Waals surface area contributed by atoms with E-state index in [4.69, 9.17) is 4.74 Å². The van der Waals surface area contributed by atoms with Gasteiger partial charge in [-0.2, -0.15) is 4.99 Å². The summed E-state index contributed by atoms with van der Waals surface area (Å²) in [7, 11) is 0. The van der Waals surface area contributed by atoms with Crippen molar-refractivity contribution in [2.24, 2.45) is 4.99 Å². The van der Waals surface area contributed by atoms with Crippen LogP contribution in [0.4, 0.5) is 0 Å². The first kappa shape index (κ1) is 20.6. The van der Waals surface area contributed by atoms with Crippen LogP contribution >= 0.6 is 11.3 Å². The molecule has 0 saturated heterocycles. The number of hydrogen-bond acceptors (Lipinski definition) is 4. The van der Waals surface area contributed by atoms with E-state index in [0.29, 0.717) is 17.0 Å². The summed E-state index contributed by atoms with van der Waals surface area (Å²) in [4.78, 5) is 30.4. The van der Waals surface area contributed by atoms with Gasteiger partial charge in [0.25, 0.3) is 5.91 Å². The van der Waals surface area contributed by atoms with E-state index in [0.717, 1.165) is 40.3 Å². The van der Waals surface area contributed by atoms with Crippen LogP contribution in [-0.2, 0) is 28.9 Å². The van der Waals surface area contributed by atoms with Crippen LogP contribution < -0.4 is 4.80 Å². The maximum absolute atomic E-state index is 13.1. The quantitative estimate of drug-likeness (QED) is 0.414. The van der Waals surface area contributed by atoms with E-state index in [2.05, 4.69) is 23.2 Å². The number of carbonyl (C=O) groups is 2. The fourth-order valence-electron chi connectivity index (χ4n) is 4.39. The number of rotatable bonds is 4. The van der Waals surface area contributed by atoms with Gasteiger partial charge in [0.15, 0.2) is 4.80 Å². The Hall–Kier alpha value is -3.25. The zero-order valence-corrected chi connectivity index (χ0v) is 18.8. The summed E-state index contributed by atoms with van der Waals surface area (Å²) >= 11 is 1.43. The van der Waals surface area contributed by atoms with E-state index in [1.54, 1.807) is 11.5 Å². The number of carbonyl (C=O) groups excluding carboxylic acids is 2. The number of fused-ring (bicyclic) bond motifs is 4. The van der Waals surface area contributed by atoms with Crippen LogP contribution in [0.1, 0.15) is 41.3 Å². The molecule has 0 atom stereocenters. The number of ether oxygens (including phenoxy) is 1. The fraction of sp³-hybridized carbons (Fsp3) is 0.269. The maximum atomic E-state index is 13.1. The molecule has 0 radical (unpaired) electrons. The minimum absolute atomic E-state index is 0.0164. The van der Waals surface area contributed by atoms with E-state index < -0.39 is 0 Å². The first-order valence-corrected chi connectivity index (χ1v) is 11.8. The van der Waals surface area contributed by atoms with Crippen LogP contribution in [0.2, 0.25) is 0 Å². The monoisotopic (exact) mass is 444 g/mol. The highest BCUT2D eigenvalue weighted by molar-refractivity contribution is 7.17. The van der Waals surface area contributed by atoms with E-state index in [1.165, 1.54) is 28.9 Å². The zero-order chi connectivity index (χ0) is 22.1. The highest BCUT2D eigenvalue weighted by atomic mass is 32.1. The van der Waals surface area contributed by atoms with Gasteiger partial charge in [0.05, 0.1) is 16.8 Å². The van der Waals surface area contributed by atoms with Crippen LogP contribution in [0.15, 0.2) is 59.6 Å². The van der Waals surface area contributed by atoms with E-state index in [-0.39, 0.29) is 18.4 Å². The second-order valence-electron chi connectivity index (χ2n) is 8.02. The molecule has 5 rings (SSSR count). The second kappa shape index (κ2) is 8.71. The molecule has 0 saturated carbocycles. The Balaban J connectivity index is 1.64. The van der Waals surface area contributed by atoms with Gasteiger partial charge >= 0.3 is 5.97 Å². The van der Waals surface area contributed by atoms with Gasteiger partial charge in [-0.3, -0.25) is 9.59 Å². The molecule has 1 heterocycles. The van der Waals surface area contributed by atoms with Gasteiger partial charge in [0, 0.05) is 10.9 Å². The smallest absolute Gasteiger partial charge is 0.326 e. The molecule has 0 spiro atoms. The standard InChI is InChI=1S/C26H24N2O3S/c1-2-31-23(29)16-28-22-14-13-18-8-5-6-10-21(18)24(22)32-26(28)27-25(30)20-12-11-17-7-3-4-9-19(17)15-20/h5-6,8,10-15H,2-4,7,9,16H2,1H3. The van der Waals surface area contributed by atoms with Crippen LogP contribution in [0, 0.1) is 0 Å². The predicted octanol–water partition coefficient (Wildman–Crippen LogP) is 5.04. The van der Waals surface area contributed by atoms with Crippen LogP contribution in [-0.4, -0.2) is 23.1 Å². The first-order valence-electron chi connectivity index (χ1n) is 11.0. The molecule has 0 unspecified atom stereocenters. The number of benzene rings is 3. The highest BCUT2D eigenvalue weighted by Crippen LogP contribution is 2.28. The molecule has 6 heteroatoms. The molecule has 3 aromatic carbocycles. The van der Waals surface area contributed by atoms with Crippen molar-refractivity contribution >= 4 is 44.2 Å². The Morgan fingerprint density at radius 1 is 1.03 bits per heavy atom. The van der Waals surface area contributed by atoms with Crippen LogP contribution in [0.25, 0.3) is 21.0 Å². The lowest BCUT2D eigenvalue weighted by atomic mass is 9.90. The Morgan fingerprint density at radius 3 is 2.69 bits per heavy atom. The molecule has 1 aliphatic rings. The SMILES string of the molecule is CCOC(=O)Cn1c(=NC(=O)c2ccc3c(c2)CCCC3)sc2c3ccccc3ccc21. The molecule has 162 valence electrons. The number of amides is 1. The van der Waals surface area contributed by atoms with Gasteiger partial charge in [-0.05, 0) is 67.3 Å². The minimum Gasteiger partial charge on any atom is -0.465 e. The molecular formula is C26H24N2O3S. The molecule has 0 aliphatic heterocycles. The van der Waals surface area contributed by atoms with Crippen molar-refractivity contribution in [2.75, 3.05) is 6.61 Å². The second-order valence-corrected chi connectivity index (χ2v) is 9.00. The molecule has 0 bridgehead atoms. The van der Waals surface area contributed by atoms with Gasteiger partial charge in [0.2, 0.25) is 0 Å². The molecule has 1 aromatic heterocycles. The Kier molecular flexibility index (Phi) is 5.62. The lowest BCUT2D eigenvalue weighted by molar-refractivity contribution is -0.143. The van der Waals surface area contributed by atoms with Crippen molar-refractivity contribution in [3.63, 3.8) is 0 Å². The van der Waals surface area contributed by atoms with Crippen LogP contribution in [0.3, 0.4) is 0 Å². The molecule has 5 nitrogen and oxygen atoms in total. The van der Waals surface area contributed by atoms with E-state index in [9.17, 15) is 9.59 Å².